The highest BCUT2D eigenvalue weighted by atomic mass is 16.5. The first kappa shape index (κ1) is 17.0. The van der Waals surface area contributed by atoms with E-state index in [1.807, 2.05) is 48.5 Å². The minimum absolute atomic E-state index is 0.602. The van der Waals surface area contributed by atoms with E-state index in [9.17, 15) is 0 Å². The Morgan fingerprint density at radius 1 is 0.880 bits per heavy atom. The molecule has 3 aromatic rings. The zero-order valence-corrected chi connectivity index (χ0v) is 14.3. The Morgan fingerprint density at radius 2 is 1.68 bits per heavy atom. The number of methoxy groups -OCH3 is 1. The Labute approximate surface area is 148 Å². The first-order chi connectivity index (χ1) is 12.3. The van der Waals surface area contributed by atoms with Gasteiger partial charge in [-0.25, -0.2) is 4.98 Å². The Hall–Kier alpha value is -2.85. The Bertz CT molecular complexity index is 791. The summed E-state index contributed by atoms with van der Waals surface area (Å²) in [4.78, 5) is 4.18. The fraction of sp³-hybridized carbons (Fsp3) is 0.190. The molecular weight excluding hydrogens is 312 g/mol. The van der Waals surface area contributed by atoms with Gasteiger partial charge in [0.05, 0.1) is 7.11 Å². The van der Waals surface area contributed by atoms with Crippen molar-refractivity contribution in [3.63, 3.8) is 0 Å². The van der Waals surface area contributed by atoms with Gasteiger partial charge in [0, 0.05) is 18.8 Å². The number of aromatic nitrogens is 1. The normalized spacial score (nSPS) is 10.4. The van der Waals surface area contributed by atoms with Gasteiger partial charge in [0.2, 0.25) is 5.88 Å². The van der Waals surface area contributed by atoms with Crippen molar-refractivity contribution in [2.45, 2.75) is 13.0 Å². The van der Waals surface area contributed by atoms with Crippen LogP contribution in [0.15, 0.2) is 72.9 Å². The van der Waals surface area contributed by atoms with Crippen LogP contribution in [0.1, 0.15) is 11.1 Å². The van der Waals surface area contributed by atoms with Crippen LogP contribution in [-0.2, 0) is 13.0 Å². The number of hydrogen-bond donors (Lipinski definition) is 1. The molecule has 1 N–H and O–H groups in total. The molecule has 0 radical (unpaired) electrons. The minimum Gasteiger partial charge on any atom is -0.497 e. The fourth-order valence-electron chi connectivity index (χ4n) is 2.54. The molecule has 0 unspecified atom stereocenters. The van der Waals surface area contributed by atoms with Gasteiger partial charge in [-0.15, -0.1) is 0 Å². The van der Waals surface area contributed by atoms with Gasteiger partial charge < -0.3 is 14.8 Å². The van der Waals surface area contributed by atoms with E-state index in [2.05, 4.69) is 28.5 Å². The molecule has 1 aromatic heterocycles. The van der Waals surface area contributed by atoms with Crippen molar-refractivity contribution in [1.29, 1.82) is 0 Å². The van der Waals surface area contributed by atoms with Crippen LogP contribution < -0.4 is 14.8 Å². The molecule has 3 rings (SSSR count). The molecule has 0 aliphatic heterocycles. The lowest BCUT2D eigenvalue weighted by atomic mass is 10.1. The second-order valence-electron chi connectivity index (χ2n) is 5.70. The van der Waals surface area contributed by atoms with Crippen LogP contribution >= 0.6 is 0 Å². The SMILES string of the molecule is COc1cccc(CCNCc2cccc(Oc3ccccn3)c2)c1. The van der Waals surface area contributed by atoms with Crippen LogP contribution in [0.25, 0.3) is 0 Å². The standard InChI is InChI=1S/C21H22N2O2/c1-24-19-8-4-6-17(14-19)11-13-22-16-18-7-5-9-20(15-18)25-21-10-2-3-12-23-21/h2-10,12,14-15,22H,11,13,16H2,1H3. The number of rotatable bonds is 8. The molecule has 0 fully saturated rings. The number of ether oxygens (including phenoxy) is 2. The Kier molecular flexibility index (Phi) is 6.01. The van der Waals surface area contributed by atoms with Crippen molar-refractivity contribution >= 4 is 0 Å². The van der Waals surface area contributed by atoms with Gasteiger partial charge in [-0.2, -0.15) is 0 Å². The van der Waals surface area contributed by atoms with Gasteiger partial charge in [0.25, 0.3) is 0 Å². The van der Waals surface area contributed by atoms with E-state index in [0.29, 0.717) is 5.88 Å². The van der Waals surface area contributed by atoms with Crippen molar-refractivity contribution in [1.82, 2.24) is 10.3 Å². The lowest BCUT2D eigenvalue weighted by Crippen LogP contribution is -2.16. The average molecular weight is 334 g/mol. The van der Waals surface area contributed by atoms with Crippen molar-refractivity contribution < 1.29 is 9.47 Å². The summed E-state index contributed by atoms with van der Waals surface area (Å²) in [5.74, 6) is 2.30. The predicted molar refractivity (Wildman–Crippen MR) is 99.2 cm³/mol. The van der Waals surface area contributed by atoms with Gasteiger partial charge in [0.1, 0.15) is 11.5 Å². The van der Waals surface area contributed by atoms with Crippen LogP contribution in [-0.4, -0.2) is 18.6 Å². The molecular formula is C21H22N2O2. The van der Waals surface area contributed by atoms with Crippen LogP contribution in [0, 0.1) is 0 Å². The maximum Gasteiger partial charge on any atom is 0.219 e. The first-order valence-electron chi connectivity index (χ1n) is 8.35. The first-order valence-corrected chi connectivity index (χ1v) is 8.35. The van der Waals surface area contributed by atoms with E-state index in [1.165, 1.54) is 11.1 Å². The summed E-state index contributed by atoms with van der Waals surface area (Å²) in [7, 11) is 1.69. The summed E-state index contributed by atoms with van der Waals surface area (Å²) in [6.07, 6.45) is 2.68. The van der Waals surface area contributed by atoms with E-state index in [-0.39, 0.29) is 0 Å². The summed E-state index contributed by atoms with van der Waals surface area (Å²) in [5, 5.41) is 3.47. The highest BCUT2D eigenvalue weighted by molar-refractivity contribution is 5.31. The maximum absolute atomic E-state index is 5.77. The average Bonchev–Trinajstić information content (AvgIpc) is 2.67. The van der Waals surface area contributed by atoms with Gasteiger partial charge in [-0.1, -0.05) is 30.3 Å². The molecule has 0 spiro atoms. The highest BCUT2D eigenvalue weighted by Gasteiger charge is 2.00. The second-order valence-corrected chi connectivity index (χ2v) is 5.70. The number of hydrogen-bond acceptors (Lipinski definition) is 4. The van der Waals surface area contributed by atoms with E-state index >= 15 is 0 Å². The number of nitrogens with zero attached hydrogens (tertiary/aromatic N) is 1. The van der Waals surface area contributed by atoms with Crippen molar-refractivity contribution in [3.05, 3.63) is 84.1 Å². The molecule has 0 amide bonds. The summed E-state index contributed by atoms with van der Waals surface area (Å²) >= 11 is 0. The molecule has 25 heavy (non-hydrogen) atoms. The molecule has 0 aliphatic carbocycles. The van der Waals surface area contributed by atoms with Crippen LogP contribution in [0.2, 0.25) is 0 Å². The van der Waals surface area contributed by atoms with Crippen LogP contribution in [0.3, 0.4) is 0 Å². The van der Waals surface area contributed by atoms with Crippen molar-refractivity contribution in [2.75, 3.05) is 13.7 Å². The van der Waals surface area contributed by atoms with E-state index in [4.69, 9.17) is 9.47 Å². The zero-order chi connectivity index (χ0) is 17.3. The summed E-state index contributed by atoms with van der Waals surface area (Å²) < 4.78 is 11.0. The Balaban J connectivity index is 1.49. The molecule has 1 heterocycles. The maximum atomic E-state index is 5.77. The summed E-state index contributed by atoms with van der Waals surface area (Å²) in [6, 6.07) is 21.9. The molecule has 0 bridgehead atoms. The van der Waals surface area contributed by atoms with E-state index in [0.717, 1.165) is 31.0 Å². The monoisotopic (exact) mass is 334 g/mol. The van der Waals surface area contributed by atoms with Crippen LogP contribution in [0.4, 0.5) is 0 Å². The van der Waals surface area contributed by atoms with Gasteiger partial charge >= 0.3 is 0 Å². The van der Waals surface area contributed by atoms with Gasteiger partial charge in [-0.3, -0.25) is 0 Å². The lowest BCUT2D eigenvalue weighted by molar-refractivity contribution is 0.414. The predicted octanol–water partition coefficient (Wildman–Crippen LogP) is 4.21. The molecule has 4 nitrogen and oxygen atoms in total. The second kappa shape index (κ2) is 8.85. The molecule has 4 heteroatoms. The minimum atomic E-state index is 0.602. The number of pyridine rings is 1. The van der Waals surface area contributed by atoms with Gasteiger partial charge in [0.15, 0.2) is 0 Å². The van der Waals surface area contributed by atoms with E-state index in [1.54, 1.807) is 13.3 Å². The number of nitrogens with one attached hydrogen (secondary N) is 1. The third-order valence-corrected chi connectivity index (χ3v) is 3.81. The highest BCUT2D eigenvalue weighted by Crippen LogP contribution is 2.20. The third-order valence-electron chi connectivity index (χ3n) is 3.81. The molecule has 0 atom stereocenters. The third kappa shape index (κ3) is 5.33. The smallest absolute Gasteiger partial charge is 0.219 e. The molecule has 128 valence electrons. The molecule has 0 aliphatic rings. The topological polar surface area (TPSA) is 43.4 Å². The van der Waals surface area contributed by atoms with E-state index < -0.39 is 0 Å². The van der Waals surface area contributed by atoms with Gasteiger partial charge in [-0.05, 0) is 54.4 Å². The quantitative estimate of drug-likeness (QED) is 0.627. The molecule has 0 saturated carbocycles. The van der Waals surface area contributed by atoms with Crippen molar-refractivity contribution in [2.24, 2.45) is 0 Å². The lowest BCUT2D eigenvalue weighted by Gasteiger charge is -2.09. The number of benzene rings is 2. The zero-order valence-electron chi connectivity index (χ0n) is 14.3. The fourth-order valence-corrected chi connectivity index (χ4v) is 2.54. The van der Waals surface area contributed by atoms with Crippen LogP contribution in [0.5, 0.6) is 17.4 Å². The summed E-state index contributed by atoms with van der Waals surface area (Å²) in [6.45, 7) is 1.70. The molecule has 0 saturated heterocycles. The largest absolute Gasteiger partial charge is 0.497 e. The molecule has 2 aromatic carbocycles. The van der Waals surface area contributed by atoms with Crippen molar-refractivity contribution in [3.8, 4) is 17.4 Å². The summed E-state index contributed by atoms with van der Waals surface area (Å²) in [5.41, 5.74) is 2.44. The Morgan fingerprint density at radius 3 is 2.48 bits per heavy atom.